The molecule has 0 aromatic carbocycles. The lowest BCUT2D eigenvalue weighted by Crippen LogP contribution is -2.19. The fourth-order valence-corrected chi connectivity index (χ4v) is 1.99. The summed E-state index contributed by atoms with van der Waals surface area (Å²) in [5.74, 6) is 0.236. The highest BCUT2D eigenvalue weighted by atomic mass is 16.4. The minimum atomic E-state index is -0.750. The van der Waals surface area contributed by atoms with E-state index in [1.165, 1.54) is 12.8 Å². The highest BCUT2D eigenvalue weighted by molar-refractivity contribution is 5.67. The number of hydrogen-bond acceptors (Lipinski definition) is 3. The number of carboxylic acids is 1. The van der Waals surface area contributed by atoms with E-state index in [9.17, 15) is 4.79 Å². The number of aryl methyl sites for hydroxylation is 1. The molecule has 0 amide bonds. The minimum absolute atomic E-state index is 0.184. The Kier molecular flexibility index (Phi) is 3.39. The van der Waals surface area contributed by atoms with Crippen molar-refractivity contribution >= 4 is 11.8 Å². The van der Waals surface area contributed by atoms with Gasteiger partial charge in [-0.1, -0.05) is 0 Å². The van der Waals surface area contributed by atoms with Crippen molar-refractivity contribution in [2.24, 2.45) is 0 Å². The van der Waals surface area contributed by atoms with E-state index in [0.29, 0.717) is 6.42 Å². The van der Waals surface area contributed by atoms with Gasteiger partial charge in [-0.25, -0.2) is 4.98 Å². The predicted molar refractivity (Wildman–Crippen MR) is 61.6 cm³/mol. The Labute approximate surface area is 94.9 Å². The molecule has 1 aromatic rings. The van der Waals surface area contributed by atoms with Crippen LogP contribution in [-0.4, -0.2) is 29.1 Å². The third-order valence-corrected chi connectivity index (χ3v) is 2.87. The lowest BCUT2D eigenvalue weighted by molar-refractivity contribution is -0.136. The first-order valence-corrected chi connectivity index (χ1v) is 5.67. The quantitative estimate of drug-likeness (QED) is 0.839. The lowest BCUT2D eigenvalue weighted by Gasteiger charge is -2.16. The predicted octanol–water partition coefficient (Wildman–Crippen LogP) is 1.70. The molecule has 0 spiro atoms. The van der Waals surface area contributed by atoms with Gasteiger partial charge < -0.3 is 10.0 Å². The summed E-state index contributed by atoms with van der Waals surface area (Å²) in [6.45, 7) is 2.13. The number of rotatable bonds is 4. The van der Waals surface area contributed by atoms with Gasteiger partial charge in [0.05, 0.1) is 0 Å². The Bertz CT molecular complexity index is 373. The van der Waals surface area contributed by atoms with Crippen molar-refractivity contribution in [3.8, 4) is 0 Å². The molecular formula is C12H16N2O2. The van der Waals surface area contributed by atoms with Crippen LogP contribution < -0.4 is 4.90 Å². The van der Waals surface area contributed by atoms with Gasteiger partial charge in [0.25, 0.3) is 0 Å². The van der Waals surface area contributed by atoms with Crippen LogP contribution in [0.25, 0.3) is 0 Å². The van der Waals surface area contributed by atoms with Crippen LogP contribution >= 0.6 is 0 Å². The zero-order valence-electron chi connectivity index (χ0n) is 9.22. The van der Waals surface area contributed by atoms with Gasteiger partial charge >= 0.3 is 5.97 Å². The normalized spacial score (nSPS) is 15.4. The average molecular weight is 220 g/mol. The molecule has 1 aromatic heterocycles. The van der Waals surface area contributed by atoms with E-state index in [4.69, 9.17) is 5.11 Å². The van der Waals surface area contributed by atoms with Crippen LogP contribution in [0, 0.1) is 0 Å². The number of aromatic nitrogens is 1. The van der Waals surface area contributed by atoms with E-state index in [0.717, 1.165) is 24.5 Å². The fraction of sp³-hybridized carbons (Fsp3) is 0.500. The van der Waals surface area contributed by atoms with Gasteiger partial charge in [-0.05, 0) is 37.0 Å². The third-order valence-electron chi connectivity index (χ3n) is 2.87. The zero-order valence-corrected chi connectivity index (χ0v) is 9.22. The van der Waals surface area contributed by atoms with Crippen LogP contribution in [0.15, 0.2) is 18.3 Å². The van der Waals surface area contributed by atoms with Crippen LogP contribution in [0.2, 0.25) is 0 Å². The Hall–Kier alpha value is -1.58. The maximum Gasteiger partial charge on any atom is 0.303 e. The number of carbonyl (C=O) groups is 1. The van der Waals surface area contributed by atoms with Gasteiger partial charge in [0.1, 0.15) is 5.82 Å². The average Bonchev–Trinajstić information content (AvgIpc) is 2.80. The van der Waals surface area contributed by atoms with E-state index in [1.807, 2.05) is 12.1 Å². The van der Waals surface area contributed by atoms with Gasteiger partial charge in [0, 0.05) is 25.7 Å². The second-order valence-corrected chi connectivity index (χ2v) is 4.11. The largest absolute Gasteiger partial charge is 0.481 e. The highest BCUT2D eigenvalue weighted by Crippen LogP contribution is 2.18. The molecule has 1 aliphatic rings. The molecule has 0 unspecified atom stereocenters. The van der Waals surface area contributed by atoms with Gasteiger partial charge in [0.15, 0.2) is 0 Å². The summed E-state index contributed by atoms with van der Waals surface area (Å²) in [5, 5.41) is 8.63. The van der Waals surface area contributed by atoms with Crippen LogP contribution in [0.3, 0.4) is 0 Å². The molecule has 0 aliphatic carbocycles. The Morgan fingerprint density at radius 1 is 1.44 bits per heavy atom. The van der Waals surface area contributed by atoms with E-state index in [1.54, 1.807) is 6.20 Å². The Balaban J connectivity index is 2.03. The molecule has 2 heterocycles. The molecule has 1 saturated heterocycles. The van der Waals surface area contributed by atoms with Gasteiger partial charge in [-0.15, -0.1) is 0 Å². The molecule has 1 fully saturated rings. The van der Waals surface area contributed by atoms with Gasteiger partial charge in [-0.2, -0.15) is 0 Å². The lowest BCUT2D eigenvalue weighted by atomic mass is 10.1. The number of hydrogen-bond donors (Lipinski definition) is 1. The standard InChI is InChI=1S/C12H16N2O2/c15-12(16)4-3-10-5-6-13-11(9-10)14-7-1-2-8-14/h5-6,9H,1-4,7-8H2,(H,15,16). The SMILES string of the molecule is O=C(O)CCc1ccnc(N2CCCC2)c1. The summed E-state index contributed by atoms with van der Waals surface area (Å²) in [6.07, 6.45) is 4.98. The molecule has 2 rings (SSSR count). The first-order chi connectivity index (χ1) is 7.75. The molecule has 0 bridgehead atoms. The summed E-state index contributed by atoms with van der Waals surface area (Å²) >= 11 is 0. The van der Waals surface area contributed by atoms with Crippen molar-refractivity contribution in [2.45, 2.75) is 25.7 Å². The van der Waals surface area contributed by atoms with Crippen molar-refractivity contribution in [3.63, 3.8) is 0 Å². The Morgan fingerprint density at radius 3 is 2.88 bits per heavy atom. The monoisotopic (exact) mass is 220 g/mol. The maximum atomic E-state index is 10.5. The molecule has 0 atom stereocenters. The first-order valence-electron chi connectivity index (χ1n) is 5.67. The number of anilines is 1. The van der Waals surface area contributed by atoms with Crippen molar-refractivity contribution in [1.82, 2.24) is 4.98 Å². The molecule has 0 saturated carbocycles. The van der Waals surface area contributed by atoms with Crippen LogP contribution in [-0.2, 0) is 11.2 Å². The smallest absolute Gasteiger partial charge is 0.303 e. The molecule has 4 heteroatoms. The first kappa shape index (κ1) is 10.9. The van der Waals surface area contributed by atoms with Gasteiger partial charge in [-0.3, -0.25) is 4.79 Å². The molecule has 1 N–H and O–H groups in total. The van der Waals surface area contributed by atoms with Crippen molar-refractivity contribution in [2.75, 3.05) is 18.0 Å². The summed E-state index contributed by atoms with van der Waals surface area (Å²) < 4.78 is 0. The summed E-state index contributed by atoms with van der Waals surface area (Å²) in [5.41, 5.74) is 1.05. The van der Waals surface area contributed by atoms with Crippen molar-refractivity contribution in [3.05, 3.63) is 23.9 Å². The van der Waals surface area contributed by atoms with E-state index >= 15 is 0 Å². The topological polar surface area (TPSA) is 53.4 Å². The van der Waals surface area contributed by atoms with Crippen molar-refractivity contribution in [1.29, 1.82) is 0 Å². The molecular weight excluding hydrogens is 204 g/mol. The van der Waals surface area contributed by atoms with Crippen LogP contribution in [0.1, 0.15) is 24.8 Å². The molecule has 86 valence electrons. The highest BCUT2D eigenvalue weighted by Gasteiger charge is 2.13. The maximum absolute atomic E-state index is 10.5. The van der Waals surface area contributed by atoms with Crippen molar-refractivity contribution < 1.29 is 9.90 Å². The molecule has 16 heavy (non-hydrogen) atoms. The Morgan fingerprint density at radius 2 is 2.19 bits per heavy atom. The van der Waals surface area contributed by atoms with E-state index < -0.39 is 5.97 Å². The van der Waals surface area contributed by atoms with Crippen LogP contribution in [0.4, 0.5) is 5.82 Å². The zero-order chi connectivity index (χ0) is 11.4. The second kappa shape index (κ2) is 4.96. The summed E-state index contributed by atoms with van der Waals surface area (Å²) in [6, 6.07) is 3.90. The molecule has 0 radical (unpaired) electrons. The second-order valence-electron chi connectivity index (χ2n) is 4.11. The number of aliphatic carboxylic acids is 1. The van der Waals surface area contributed by atoms with Crippen LogP contribution in [0.5, 0.6) is 0 Å². The van der Waals surface area contributed by atoms with E-state index in [-0.39, 0.29) is 6.42 Å². The van der Waals surface area contributed by atoms with Gasteiger partial charge in [0.2, 0.25) is 0 Å². The fourth-order valence-electron chi connectivity index (χ4n) is 1.99. The minimum Gasteiger partial charge on any atom is -0.481 e. The molecule has 1 aliphatic heterocycles. The van der Waals surface area contributed by atoms with E-state index in [2.05, 4.69) is 9.88 Å². The summed E-state index contributed by atoms with van der Waals surface area (Å²) in [4.78, 5) is 17.1. The summed E-state index contributed by atoms with van der Waals surface area (Å²) in [7, 11) is 0. The number of nitrogens with zero attached hydrogens (tertiary/aromatic N) is 2. The third kappa shape index (κ3) is 2.72. The molecule has 4 nitrogen and oxygen atoms in total. The number of carboxylic acid groups (broad SMARTS) is 1. The number of pyridine rings is 1.